The van der Waals surface area contributed by atoms with Crippen LogP contribution >= 0.6 is 11.3 Å². The Morgan fingerprint density at radius 3 is 2.00 bits per heavy atom. The van der Waals surface area contributed by atoms with Crippen LogP contribution in [0.4, 0.5) is 0 Å². The molecule has 3 heterocycles. The summed E-state index contributed by atoms with van der Waals surface area (Å²) in [5.41, 5.74) is 2.57. The zero-order valence-electron chi connectivity index (χ0n) is 27.2. The van der Waals surface area contributed by atoms with E-state index < -0.39 is 10.2 Å². The second kappa shape index (κ2) is 19.9. The van der Waals surface area contributed by atoms with Crippen molar-refractivity contribution in [3.63, 3.8) is 0 Å². The molecule has 2 aliphatic rings. The van der Waals surface area contributed by atoms with E-state index in [1.165, 1.54) is 17.1 Å². The van der Waals surface area contributed by atoms with E-state index in [-0.39, 0.29) is 45.0 Å². The van der Waals surface area contributed by atoms with Gasteiger partial charge in [-0.25, -0.2) is 9.97 Å². The minimum atomic E-state index is -3.25. The smallest absolute Gasteiger partial charge is 0.308 e. The molecule has 1 saturated carbocycles. The van der Waals surface area contributed by atoms with Crippen molar-refractivity contribution in [2.75, 3.05) is 33.2 Å². The fourth-order valence-electron chi connectivity index (χ4n) is 4.57. The summed E-state index contributed by atoms with van der Waals surface area (Å²) in [6.45, 7) is 14.2. The van der Waals surface area contributed by atoms with Crippen molar-refractivity contribution in [3.05, 3.63) is 41.8 Å². The van der Waals surface area contributed by atoms with Gasteiger partial charge in [0.15, 0.2) is 0 Å². The predicted octanol–water partition coefficient (Wildman–Crippen LogP) is 7.02. The monoisotopic (exact) mass is 679 g/mol. The van der Waals surface area contributed by atoms with Crippen LogP contribution < -0.4 is 9.46 Å². The summed E-state index contributed by atoms with van der Waals surface area (Å²) in [7, 11) is -1.25. The number of fused-ring (bicyclic) bond motifs is 1. The van der Waals surface area contributed by atoms with Gasteiger partial charge < -0.3 is 14.4 Å². The second-order valence-corrected chi connectivity index (χ2v) is 14.6. The molecule has 3 aromatic rings. The number of ether oxygens (including phenoxy) is 2. The van der Waals surface area contributed by atoms with Gasteiger partial charge in [-0.1, -0.05) is 46.9 Å². The van der Waals surface area contributed by atoms with E-state index in [1.54, 1.807) is 11.3 Å². The highest BCUT2D eigenvalue weighted by Crippen LogP contribution is 2.32. The molecule has 10 nitrogen and oxygen atoms in total. The molecule has 0 amide bonds. The van der Waals surface area contributed by atoms with Gasteiger partial charge in [0, 0.05) is 32.2 Å². The number of nitrogens with zero attached hydrogens (tertiary/aromatic N) is 4. The number of nitrogens with one attached hydrogen (secondary N) is 1. The lowest BCUT2D eigenvalue weighted by molar-refractivity contribution is -0.152. The van der Waals surface area contributed by atoms with Crippen molar-refractivity contribution < 1.29 is 22.7 Å². The molecule has 2 aromatic heterocycles. The van der Waals surface area contributed by atoms with Crippen LogP contribution in [0.15, 0.2) is 41.8 Å². The lowest BCUT2D eigenvalue weighted by Gasteiger charge is -2.31. The molecule has 2 fully saturated rings. The van der Waals surface area contributed by atoms with E-state index in [2.05, 4.69) is 14.6 Å². The highest BCUT2D eigenvalue weighted by Gasteiger charge is 2.25. The molecule has 1 aliphatic heterocycles. The van der Waals surface area contributed by atoms with Crippen molar-refractivity contribution >= 4 is 38.5 Å². The van der Waals surface area contributed by atoms with Gasteiger partial charge >= 0.3 is 5.97 Å². The molecule has 0 bridgehead atoms. The molecule has 12 heteroatoms. The Bertz CT molecular complexity index is 1400. The molecular formula is C34H57N5O5S2. The van der Waals surface area contributed by atoms with Gasteiger partial charge in [0.2, 0.25) is 5.88 Å². The molecule has 1 aromatic carbocycles. The molecule has 0 spiro atoms. The first-order chi connectivity index (χ1) is 20.9. The SMILES string of the molecule is C.C.CC(C)C(=O)OC1CCCC1.CC(C)NS(=O)(=O)N1CCN(C)CC1.CC(C)Oc1nc2ccccc2nc1-c1cccs1. The first-order valence-corrected chi connectivity index (χ1v) is 17.8. The largest absolute Gasteiger partial charge is 0.473 e. The average Bonchev–Trinajstić information content (AvgIpc) is 3.68. The number of hydrogen-bond donors (Lipinski definition) is 1. The molecule has 0 unspecified atom stereocenters. The van der Waals surface area contributed by atoms with E-state index in [4.69, 9.17) is 14.5 Å². The zero-order valence-corrected chi connectivity index (χ0v) is 28.8. The van der Waals surface area contributed by atoms with Crippen LogP contribution in [-0.2, 0) is 19.7 Å². The van der Waals surface area contributed by atoms with Crippen molar-refractivity contribution in [1.29, 1.82) is 0 Å². The van der Waals surface area contributed by atoms with Crippen LogP contribution in [-0.4, -0.2) is 85.0 Å². The summed E-state index contributed by atoms with van der Waals surface area (Å²) in [4.78, 5) is 23.6. The lowest BCUT2D eigenvalue weighted by atomic mass is 10.2. The number of esters is 1. The van der Waals surface area contributed by atoms with Gasteiger partial charge in [-0.05, 0) is 84.0 Å². The third-order valence-corrected chi connectivity index (χ3v) is 9.57. The zero-order chi connectivity index (χ0) is 32.3. The Balaban J connectivity index is 0.000000352. The summed E-state index contributed by atoms with van der Waals surface area (Å²) in [6, 6.07) is 11.9. The Hall–Kier alpha value is -2.64. The van der Waals surface area contributed by atoms with E-state index in [0.29, 0.717) is 19.0 Å². The van der Waals surface area contributed by atoms with E-state index in [0.717, 1.165) is 47.5 Å². The Labute approximate surface area is 282 Å². The second-order valence-electron chi connectivity index (χ2n) is 12.0. The number of piperazine rings is 1. The van der Waals surface area contributed by atoms with E-state index >= 15 is 0 Å². The molecule has 1 N–H and O–H groups in total. The summed E-state index contributed by atoms with van der Waals surface area (Å²) >= 11 is 1.64. The molecule has 0 radical (unpaired) electrons. The van der Waals surface area contributed by atoms with Gasteiger partial charge in [-0.2, -0.15) is 17.4 Å². The molecule has 0 atom stereocenters. The number of rotatable bonds is 8. The standard InChI is InChI=1S/C15H14N2OS.C9H16O2.C8H19N3O2S.2CH4/c1-10(2)18-15-14(13-8-5-9-19-13)16-11-6-3-4-7-12(11)17-15;1-7(2)9(10)11-8-5-3-4-6-8;1-8(2)9-14(12,13)11-6-4-10(3)5-7-11;;/h3-10H,1-2H3;7-8H,3-6H2,1-2H3;8-9H,4-7H2,1-3H3;2*1H4. The van der Waals surface area contributed by atoms with Gasteiger partial charge in [-0.3, -0.25) is 4.79 Å². The van der Waals surface area contributed by atoms with Gasteiger partial charge in [0.1, 0.15) is 11.8 Å². The Kier molecular flexibility index (Phi) is 17.9. The fourth-order valence-corrected chi connectivity index (χ4v) is 6.66. The molecule has 5 rings (SSSR count). The van der Waals surface area contributed by atoms with Crippen LogP contribution in [0.5, 0.6) is 5.88 Å². The number of hydrogen-bond acceptors (Lipinski definition) is 9. The maximum absolute atomic E-state index is 11.7. The fraction of sp³-hybridized carbons (Fsp3) is 0.618. The van der Waals surface area contributed by atoms with Gasteiger partial charge in [-0.15, -0.1) is 11.3 Å². The molecule has 1 aliphatic carbocycles. The number of thiophene rings is 1. The minimum absolute atomic E-state index is 0. The van der Waals surface area contributed by atoms with Crippen LogP contribution in [0, 0.1) is 5.92 Å². The summed E-state index contributed by atoms with van der Waals surface area (Å²) in [5.74, 6) is 0.587. The topological polar surface area (TPSA) is 114 Å². The molecule has 1 saturated heterocycles. The van der Waals surface area contributed by atoms with Gasteiger partial charge in [0.05, 0.1) is 27.9 Å². The van der Waals surface area contributed by atoms with E-state index in [1.807, 2.05) is 90.4 Å². The summed E-state index contributed by atoms with van der Waals surface area (Å²) in [6.07, 6.45) is 4.88. The first kappa shape index (κ1) is 41.4. The number of benzene rings is 1. The minimum Gasteiger partial charge on any atom is -0.473 e. The van der Waals surface area contributed by atoms with Crippen molar-refractivity contribution in [1.82, 2.24) is 23.9 Å². The third kappa shape index (κ3) is 13.2. The summed E-state index contributed by atoms with van der Waals surface area (Å²) < 4.78 is 38.5. The lowest BCUT2D eigenvalue weighted by Crippen LogP contribution is -2.52. The predicted molar refractivity (Wildman–Crippen MR) is 192 cm³/mol. The first-order valence-electron chi connectivity index (χ1n) is 15.5. The Morgan fingerprint density at radius 1 is 0.913 bits per heavy atom. The number of carbonyl (C=O) groups excluding carboxylic acids is 1. The van der Waals surface area contributed by atoms with Crippen LogP contribution in [0.3, 0.4) is 0 Å². The normalized spacial score (nSPS) is 15.8. The number of para-hydroxylation sites is 2. The van der Waals surface area contributed by atoms with Crippen molar-refractivity contribution in [3.8, 4) is 16.5 Å². The summed E-state index contributed by atoms with van der Waals surface area (Å²) in [5, 5.41) is 2.03. The number of carbonyl (C=O) groups is 1. The maximum atomic E-state index is 11.7. The van der Waals surface area contributed by atoms with Crippen molar-refractivity contribution in [2.24, 2.45) is 5.92 Å². The van der Waals surface area contributed by atoms with Crippen LogP contribution in [0.25, 0.3) is 21.6 Å². The quantitative estimate of drug-likeness (QED) is 0.253. The van der Waals surface area contributed by atoms with Crippen LogP contribution in [0.2, 0.25) is 0 Å². The highest BCUT2D eigenvalue weighted by atomic mass is 32.2. The third-order valence-electron chi connectivity index (χ3n) is 6.88. The van der Waals surface area contributed by atoms with E-state index in [9.17, 15) is 13.2 Å². The number of likely N-dealkylation sites (N-methyl/N-ethyl adjacent to an activating group) is 1. The molecule has 260 valence electrons. The van der Waals surface area contributed by atoms with Crippen molar-refractivity contribution in [2.45, 2.75) is 100 Å². The number of aromatic nitrogens is 2. The molecule has 46 heavy (non-hydrogen) atoms. The molecular weight excluding hydrogens is 623 g/mol. The average molecular weight is 680 g/mol. The van der Waals surface area contributed by atoms with Gasteiger partial charge in [0.25, 0.3) is 10.2 Å². The highest BCUT2D eigenvalue weighted by molar-refractivity contribution is 7.87. The van der Waals surface area contributed by atoms with Crippen LogP contribution in [0.1, 0.15) is 82.1 Å². The maximum Gasteiger partial charge on any atom is 0.308 e. The Morgan fingerprint density at radius 2 is 1.50 bits per heavy atom.